The van der Waals surface area contributed by atoms with E-state index >= 15 is 0 Å². The molecule has 0 aliphatic rings. The number of aromatic nitrogens is 2. The molecule has 0 fully saturated rings. The van der Waals surface area contributed by atoms with E-state index in [-0.39, 0.29) is 12.5 Å². The smallest absolute Gasteiger partial charge is 0.241 e. The van der Waals surface area contributed by atoms with Crippen molar-refractivity contribution in [2.45, 2.75) is 6.92 Å². The monoisotopic (exact) mass is 235 g/mol. The summed E-state index contributed by atoms with van der Waals surface area (Å²) in [5, 5.41) is 13.3. The van der Waals surface area contributed by atoms with Gasteiger partial charge in [-0.1, -0.05) is 0 Å². The summed E-state index contributed by atoms with van der Waals surface area (Å²) < 4.78 is 1.62. The summed E-state index contributed by atoms with van der Waals surface area (Å²) in [7, 11) is 6.95. The van der Waals surface area contributed by atoms with Crippen molar-refractivity contribution >= 4 is 11.7 Å². The van der Waals surface area contributed by atoms with Gasteiger partial charge in [-0.2, -0.15) is 10.4 Å². The molecule has 1 rings (SSSR count). The van der Waals surface area contributed by atoms with Crippen LogP contribution in [-0.4, -0.2) is 48.3 Å². The Kier molecular flexibility index (Phi) is 3.73. The van der Waals surface area contributed by atoms with Crippen LogP contribution in [0.4, 0.5) is 5.82 Å². The highest BCUT2D eigenvalue weighted by Crippen LogP contribution is 2.20. The van der Waals surface area contributed by atoms with Gasteiger partial charge in [0.25, 0.3) is 0 Å². The Balaban J connectivity index is 3.01. The molecule has 1 aromatic heterocycles. The number of amides is 1. The van der Waals surface area contributed by atoms with Gasteiger partial charge in [0, 0.05) is 28.2 Å². The number of nitriles is 1. The summed E-state index contributed by atoms with van der Waals surface area (Å²) in [5.74, 6) is 0.649. The average Bonchev–Trinajstić information content (AvgIpc) is 2.52. The van der Waals surface area contributed by atoms with Crippen molar-refractivity contribution in [2.75, 3.05) is 32.6 Å². The number of carbonyl (C=O) groups is 1. The number of hydrogen-bond acceptors (Lipinski definition) is 4. The zero-order valence-corrected chi connectivity index (χ0v) is 10.9. The van der Waals surface area contributed by atoms with Crippen LogP contribution in [0.5, 0.6) is 0 Å². The summed E-state index contributed by atoms with van der Waals surface area (Å²) in [6, 6.07) is 2.12. The Morgan fingerprint density at radius 2 is 2.06 bits per heavy atom. The normalized spacial score (nSPS) is 9.88. The van der Waals surface area contributed by atoms with E-state index in [9.17, 15) is 4.79 Å². The first-order chi connectivity index (χ1) is 7.88. The Hall–Kier alpha value is -2.03. The molecule has 6 nitrogen and oxygen atoms in total. The van der Waals surface area contributed by atoms with Gasteiger partial charge in [0.15, 0.2) is 0 Å². The quantitative estimate of drug-likeness (QED) is 0.746. The van der Waals surface area contributed by atoms with Crippen LogP contribution in [0.3, 0.4) is 0 Å². The fraction of sp³-hybridized carbons (Fsp3) is 0.545. The summed E-state index contributed by atoms with van der Waals surface area (Å²) in [4.78, 5) is 14.9. The van der Waals surface area contributed by atoms with Crippen LogP contribution in [0.25, 0.3) is 0 Å². The van der Waals surface area contributed by atoms with Gasteiger partial charge in [-0.15, -0.1) is 0 Å². The molecule has 1 aromatic rings. The first kappa shape index (κ1) is 13.0. The molecule has 17 heavy (non-hydrogen) atoms. The highest BCUT2D eigenvalue weighted by molar-refractivity contribution is 5.81. The molecule has 0 radical (unpaired) electrons. The van der Waals surface area contributed by atoms with Crippen LogP contribution in [0, 0.1) is 18.3 Å². The summed E-state index contributed by atoms with van der Waals surface area (Å²) >= 11 is 0. The topological polar surface area (TPSA) is 65.2 Å². The van der Waals surface area contributed by atoms with E-state index in [1.807, 2.05) is 0 Å². The average molecular weight is 235 g/mol. The van der Waals surface area contributed by atoms with Crippen LogP contribution < -0.4 is 4.90 Å². The lowest BCUT2D eigenvalue weighted by Gasteiger charge is -2.21. The van der Waals surface area contributed by atoms with Crippen molar-refractivity contribution in [1.82, 2.24) is 14.7 Å². The number of anilines is 1. The molecular weight excluding hydrogens is 218 g/mol. The summed E-state index contributed by atoms with van der Waals surface area (Å²) in [6.45, 7) is 2.00. The lowest BCUT2D eigenvalue weighted by molar-refractivity contribution is -0.127. The Labute approximate surface area is 101 Å². The zero-order valence-electron chi connectivity index (χ0n) is 10.9. The maximum Gasteiger partial charge on any atom is 0.241 e. The van der Waals surface area contributed by atoms with E-state index in [2.05, 4.69) is 11.2 Å². The fourth-order valence-electron chi connectivity index (χ4n) is 1.63. The minimum Gasteiger partial charge on any atom is -0.349 e. The second-order valence-electron chi connectivity index (χ2n) is 4.16. The second kappa shape index (κ2) is 4.87. The first-order valence-electron chi connectivity index (χ1n) is 5.23. The number of aryl methyl sites for hydroxylation is 2. The molecule has 1 amide bonds. The third-order valence-corrected chi connectivity index (χ3v) is 2.54. The molecule has 0 aliphatic carbocycles. The predicted molar refractivity (Wildman–Crippen MR) is 64.6 cm³/mol. The Morgan fingerprint density at radius 3 is 2.53 bits per heavy atom. The molecule has 0 atom stereocenters. The third-order valence-electron chi connectivity index (χ3n) is 2.54. The molecule has 6 heteroatoms. The molecule has 0 aliphatic heterocycles. The lowest BCUT2D eigenvalue weighted by Crippen LogP contribution is -2.35. The number of carbonyl (C=O) groups excluding carboxylic acids is 1. The fourth-order valence-corrected chi connectivity index (χ4v) is 1.63. The van der Waals surface area contributed by atoms with Gasteiger partial charge >= 0.3 is 0 Å². The molecule has 92 valence electrons. The maximum atomic E-state index is 11.6. The Bertz CT molecular complexity index is 469. The van der Waals surface area contributed by atoms with E-state index < -0.39 is 0 Å². The van der Waals surface area contributed by atoms with Gasteiger partial charge in [0.2, 0.25) is 5.91 Å². The van der Waals surface area contributed by atoms with Gasteiger partial charge in [0.05, 0.1) is 12.2 Å². The van der Waals surface area contributed by atoms with Crippen molar-refractivity contribution in [1.29, 1.82) is 5.26 Å². The molecule has 0 aromatic carbocycles. The summed E-state index contributed by atoms with van der Waals surface area (Å²) in [6.07, 6.45) is 0. The van der Waals surface area contributed by atoms with Gasteiger partial charge < -0.3 is 9.80 Å². The van der Waals surface area contributed by atoms with Crippen molar-refractivity contribution in [3.63, 3.8) is 0 Å². The van der Waals surface area contributed by atoms with Gasteiger partial charge in [0.1, 0.15) is 17.5 Å². The predicted octanol–water partition coefficient (Wildman–Crippen LogP) is 0.125. The second-order valence-corrected chi connectivity index (χ2v) is 4.16. The molecule has 0 unspecified atom stereocenters. The molecule has 1 heterocycles. The van der Waals surface area contributed by atoms with Crippen molar-refractivity contribution in [3.05, 3.63) is 11.3 Å². The van der Waals surface area contributed by atoms with Crippen LogP contribution in [0.1, 0.15) is 11.3 Å². The lowest BCUT2D eigenvalue weighted by atomic mass is 10.2. The van der Waals surface area contributed by atoms with E-state index in [4.69, 9.17) is 5.26 Å². The number of hydrogen-bond donors (Lipinski definition) is 0. The number of likely N-dealkylation sites (N-methyl/N-ethyl adjacent to an activating group) is 2. The zero-order chi connectivity index (χ0) is 13.2. The van der Waals surface area contributed by atoms with Crippen molar-refractivity contribution in [3.8, 4) is 6.07 Å². The molecule has 0 bridgehead atoms. The van der Waals surface area contributed by atoms with Gasteiger partial charge in [-0.05, 0) is 6.92 Å². The SMILES string of the molecule is Cc1nn(C)c(N(C)CC(=O)N(C)C)c1C#N. The molecule has 0 saturated heterocycles. The third kappa shape index (κ3) is 2.56. The largest absolute Gasteiger partial charge is 0.349 e. The maximum absolute atomic E-state index is 11.6. The minimum atomic E-state index is -0.0183. The van der Waals surface area contributed by atoms with E-state index in [1.54, 1.807) is 44.7 Å². The van der Waals surface area contributed by atoms with Crippen LogP contribution in [0.2, 0.25) is 0 Å². The first-order valence-corrected chi connectivity index (χ1v) is 5.23. The molecule has 0 saturated carbocycles. The highest BCUT2D eigenvalue weighted by atomic mass is 16.2. The van der Waals surface area contributed by atoms with E-state index in [0.29, 0.717) is 17.1 Å². The highest BCUT2D eigenvalue weighted by Gasteiger charge is 2.18. The van der Waals surface area contributed by atoms with Gasteiger partial charge in [-0.3, -0.25) is 9.48 Å². The van der Waals surface area contributed by atoms with E-state index in [0.717, 1.165) is 0 Å². The number of rotatable bonds is 3. The number of nitrogens with zero attached hydrogens (tertiary/aromatic N) is 5. The Morgan fingerprint density at radius 1 is 1.47 bits per heavy atom. The van der Waals surface area contributed by atoms with Crippen LogP contribution in [0.15, 0.2) is 0 Å². The van der Waals surface area contributed by atoms with Crippen LogP contribution in [-0.2, 0) is 11.8 Å². The summed E-state index contributed by atoms with van der Waals surface area (Å²) in [5.41, 5.74) is 1.19. The van der Waals surface area contributed by atoms with Crippen LogP contribution >= 0.6 is 0 Å². The van der Waals surface area contributed by atoms with Crippen molar-refractivity contribution < 1.29 is 4.79 Å². The minimum absolute atomic E-state index is 0.0183. The molecule has 0 N–H and O–H groups in total. The standard InChI is InChI=1S/C11H17N5O/c1-8-9(6-12)11(16(5)13-8)15(4)7-10(17)14(2)3/h7H2,1-5H3. The molecular formula is C11H17N5O. The van der Waals surface area contributed by atoms with E-state index in [1.165, 1.54) is 4.90 Å². The van der Waals surface area contributed by atoms with Gasteiger partial charge in [-0.25, -0.2) is 0 Å². The molecule has 0 spiro atoms. The van der Waals surface area contributed by atoms with Crippen molar-refractivity contribution in [2.24, 2.45) is 7.05 Å².